The number of carbonyl (C=O) groups excluding carboxylic acids is 2. The van der Waals surface area contributed by atoms with E-state index in [1.165, 1.54) is 4.90 Å². The van der Waals surface area contributed by atoms with Crippen molar-refractivity contribution in [2.45, 2.75) is 46.1 Å². The second-order valence-corrected chi connectivity index (χ2v) is 6.47. The van der Waals surface area contributed by atoms with Crippen molar-refractivity contribution < 1.29 is 19.4 Å². The van der Waals surface area contributed by atoms with E-state index < -0.39 is 23.1 Å². The van der Waals surface area contributed by atoms with Crippen LogP contribution < -0.4 is 0 Å². The van der Waals surface area contributed by atoms with Gasteiger partial charge in [-0.3, -0.25) is 0 Å². The normalized spacial score (nSPS) is 24.9. The van der Waals surface area contributed by atoms with Gasteiger partial charge >= 0.3 is 12.1 Å². The maximum absolute atomic E-state index is 12.1. The summed E-state index contributed by atoms with van der Waals surface area (Å²) < 4.78 is 5.31. The number of rotatable bonds is 3. The highest BCUT2D eigenvalue weighted by Gasteiger charge is 2.48. The van der Waals surface area contributed by atoms with E-state index in [-0.39, 0.29) is 12.5 Å². The lowest BCUT2D eigenvalue weighted by Crippen LogP contribution is -2.53. The quantitative estimate of drug-likeness (QED) is 0.747. The van der Waals surface area contributed by atoms with Crippen LogP contribution in [0.25, 0.3) is 0 Å². The maximum atomic E-state index is 12.1. The number of amides is 1. The monoisotopic (exact) mass is 282 g/mol. The van der Waals surface area contributed by atoms with Crippen LogP contribution in [-0.2, 0) is 14.6 Å². The lowest BCUT2D eigenvalue weighted by atomic mass is 9.70. The summed E-state index contributed by atoms with van der Waals surface area (Å²) >= 11 is 0. The number of nitrogens with zero attached hydrogens (tertiary/aromatic N) is 1. The van der Waals surface area contributed by atoms with E-state index in [2.05, 4.69) is 6.58 Å². The summed E-state index contributed by atoms with van der Waals surface area (Å²) in [5.41, 5.74) is -1.67. The Morgan fingerprint density at radius 1 is 1.40 bits per heavy atom. The van der Waals surface area contributed by atoms with Crippen LogP contribution in [-0.4, -0.2) is 35.7 Å². The van der Waals surface area contributed by atoms with E-state index in [9.17, 15) is 14.7 Å². The molecule has 2 unspecified atom stereocenters. The summed E-state index contributed by atoms with van der Waals surface area (Å²) in [5.74, 6) is -1.39. The van der Waals surface area contributed by atoms with Crippen LogP contribution >= 0.6 is 0 Å². The van der Waals surface area contributed by atoms with Crippen LogP contribution in [0.2, 0.25) is 0 Å². The first kappa shape index (κ1) is 16.5. The second kappa shape index (κ2) is 5.85. The van der Waals surface area contributed by atoms with Gasteiger partial charge in [0.15, 0.2) is 0 Å². The predicted molar refractivity (Wildman–Crippen MR) is 74.5 cm³/mol. The molecule has 1 aliphatic rings. The summed E-state index contributed by atoms with van der Waals surface area (Å²) in [6.07, 6.45) is 2.24. The molecular formula is C15H24NO4. The lowest BCUT2D eigenvalue weighted by molar-refractivity contribution is -0.161. The van der Waals surface area contributed by atoms with E-state index >= 15 is 0 Å². The highest BCUT2D eigenvalue weighted by atomic mass is 16.6. The first-order valence-electron chi connectivity index (χ1n) is 6.94. The standard InChI is InChI=1S/C15H24NO4/c1-6-11(2)15(12(17)18)8-7-9-16(10-15)13(19)20-14(3,4)5/h6,11H,1,7-10H2,2-5H3. The zero-order valence-corrected chi connectivity index (χ0v) is 12.8. The first-order chi connectivity index (χ1) is 9.12. The highest BCUT2D eigenvalue weighted by molar-refractivity contribution is 5.77. The van der Waals surface area contributed by atoms with Crippen LogP contribution in [0.3, 0.4) is 0 Å². The first-order valence-corrected chi connectivity index (χ1v) is 6.94. The third-order valence-corrected chi connectivity index (χ3v) is 3.81. The van der Waals surface area contributed by atoms with Crippen LogP contribution in [0, 0.1) is 11.3 Å². The van der Waals surface area contributed by atoms with E-state index in [0.29, 0.717) is 19.4 Å². The van der Waals surface area contributed by atoms with Crippen molar-refractivity contribution >= 4 is 12.1 Å². The Labute approximate surface area is 120 Å². The van der Waals surface area contributed by atoms with Crippen LogP contribution in [0.1, 0.15) is 40.5 Å². The molecule has 0 N–H and O–H groups in total. The molecule has 2 atom stereocenters. The molecule has 0 aromatic heterocycles. The highest BCUT2D eigenvalue weighted by Crippen LogP contribution is 2.39. The fourth-order valence-corrected chi connectivity index (χ4v) is 2.52. The Bertz CT molecular complexity index is 399. The van der Waals surface area contributed by atoms with E-state index in [0.717, 1.165) is 0 Å². The van der Waals surface area contributed by atoms with Gasteiger partial charge < -0.3 is 9.64 Å². The van der Waals surface area contributed by atoms with Crippen molar-refractivity contribution in [1.82, 2.24) is 4.90 Å². The largest absolute Gasteiger partial charge is 0.444 e. The molecule has 0 saturated carbocycles. The van der Waals surface area contributed by atoms with Crippen molar-refractivity contribution in [1.29, 1.82) is 0 Å². The zero-order valence-electron chi connectivity index (χ0n) is 12.8. The van der Waals surface area contributed by atoms with Gasteiger partial charge in [0, 0.05) is 13.1 Å². The Hall–Kier alpha value is -1.52. The van der Waals surface area contributed by atoms with Gasteiger partial charge in [0.05, 0.1) is 5.41 Å². The van der Waals surface area contributed by atoms with E-state index in [4.69, 9.17) is 4.74 Å². The topological polar surface area (TPSA) is 66.5 Å². The molecule has 1 saturated heterocycles. The van der Waals surface area contributed by atoms with Crippen LogP contribution in [0.5, 0.6) is 0 Å². The molecule has 5 heteroatoms. The fourth-order valence-electron chi connectivity index (χ4n) is 2.52. The summed E-state index contributed by atoms with van der Waals surface area (Å²) in [4.78, 5) is 25.2. The third-order valence-electron chi connectivity index (χ3n) is 3.81. The third kappa shape index (κ3) is 3.52. The van der Waals surface area contributed by atoms with Gasteiger partial charge in [0.1, 0.15) is 5.60 Å². The molecule has 1 heterocycles. The van der Waals surface area contributed by atoms with Gasteiger partial charge in [-0.15, -0.1) is 6.58 Å². The number of allylic oxidation sites excluding steroid dienone is 1. The number of likely N-dealkylation sites (tertiary alicyclic amines) is 1. The van der Waals surface area contributed by atoms with Gasteiger partial charge in [0.2, 0.25) is 0 Å². The zero-order chi connectivity index (χ0) is 15.6. The van der Waals surface area contributed by atoms with Crippen molar-refractivity contribution in [3.8, 4) is 0 Å². The number of ether oxygens (including phenoxy) is 1. The molecule has 0 bridgehead atoms. The average Bonchev–Trinajstić information content (AvgIpc) is 2.35. The molecule has 1 radical (unpaired) electrons. The molecule has 113 valence electrons. The van der Waals surface area contributed by atoms with E-state index in [1.807, 2.05) is 0 Å². The van der Waals surface area contributed by atoms with Crippen LogP contribution in [0.15, 0.2) is 12.7 Å². The molecule has 1 aliphatic heterocycles. The molecule has 0 aliphatic carbocycles. The molecule has 1 rings (SSSR count). The minimum Gasteiger partial charge on any atom is -0.444 e. The summed E-state index contributed by atoms with van der Waals surface area (Å²) in [6, 6.07) is 0. The van der Waals surface area contributed by atoms with E-state index in [1.54, 1.807) is 33.8 Å². The van der Waals surface area contributed by atoms with Gasteiger partial charge in [-0.05, 0) is 39.5 Å². The Kier molecular flexibility index (Phi) is 4.84. The summed E-state index contributed by atoms with van der Waals surface area (Å²) in [5, 5.41) is 11.6. The molecule has 0 spiro atoms. The average molecular weight is 282 g/mol. The molecule has 20 heavy (non-hydrogen) atoms. The Morgan fingerprint density at radius 3 is 2.45 bits per heavy atom. The molecular weight excluding hydrogens is 258 g/mol. The van der Waals surface area contributed by atoms with Gasteiger partial charge in [-0.2, -0.15) is 0 Å². The summed E-state index contributed by atoms with van der Waals surface area (Å²) in [7, 11) is 0. The minimum absolute atomic E-state index is 0.109. The smallest absolute Gasteiger partial charge is 0.410 e. The number of piperidine rings is 1. The number of hydrogen-bond acceptors (Lipinski definition) is 3. The van der Waals surface area contributed by atoms with Gasteiger partial charge in [0.25, 0.3) is 0 Å². The number of hydrogen-bond donors (Lipinski definition) is 0. The second-order valence-electron chi connectivity index (χ2n) is 6.47. The predicted octanol–water partition coefficient (Wildman–Crippen LogP) is 2.78. The summed E-state index contributed by atoms with van der Waals surface area (Å²) in [6.45, 7) is 11.4. The molecule has 5 nitrogen and oxygen atoms in total. The Morgan fingerprint density at radius 2 is 2.00 bits per heavy atom. The lowest BCUT2D eigenvalue weighted by Gasteiger charge is -2.42. The SMILES string of the molecule is C=CC(C)C1(C([O])=O)CCCN(C(=O)OC(C)(C)C)C1. The van der Waals surface area contributed by atoms with Crippen molar-refractivity contribution in [3.63, 3.8) is 0 Å². The number of carbonyl (C=O) groups is 2. The Balaban J connectivity index is 2.91. The van der Waals surface area contributed by atoms with Gasteiger partial charge in [-0.1, -0.05) is 13.0 Å². The maximum Gasteiger partial charge on any atom is 0.410 e. The van der Waals surface area contributed by atoms with Crippen molar-refractivity contribution in [2.24, 2.45) is 11.3 Å². The molecule has 1 amide bonds. The van der Waals surface area contributed by atoms with Gasteiger partial charge in [-0.25, -0.2) is 14.7 Å². The molecule has 1 fully saturated rings. The van der Waals surface area contributed by atoms with Crippen molar-refractivity contribution in [3.05, 3.63) is 12.7 Å². The fraction of sp³-hybridized carbons (Fsp3) is 0.733. The van der Waals surface area contributed by atoms with Crippen LogP contribution in [0.4, 0.5) is 4.79 Å². The van der Waals surface area contributed by atoms with Crippen molar-refractivity contribution in [2.75, 3.05) is 13.1 Å². The molecule has 0 aromatic carbocycles. The minimum atomic E-state index is -1.13. The molecule has 0 aromatic rings.